The van der Waals surface area contributed by atoms with E-state index < -0.39 is 0 Å². The van der Waals surface area contributed by atoms with Crippen molar-refractivity contribution in [3.05, 3.63) is 12.2 Å². The molecule has 1 aliphatic rings. The molecule has 1 aliphatic carbocycles. The zero-order chi connectivity index (χ0) is 8.48. The zero-order valence-corrected chi connectivity index (χ0v) is 7.67. The SMILES string of the molecule is CC(C)(C)[C@@H]1CC=C[C@H](O)C1. The van der Waals surface area contributed by atoms with Crippen molar-refractivity contribution in [2.24, 2.45) is 11.3 Å². The molecule has 0 radical (unpaired) electrons. The molecule has 0 bridgehead atoms. The summed E-state index contributed by atoms with van der Waals surface area (Å²) in [5.41, 5.74) is 0.339. The van der Waals surface area contributed by atoms with Crippen LogP contribution in [0.2, 0.25) is 0 Å². The lowest BCUT2D eigenvalue weighted by Crippen LogP contribution is -2.26. The highest BCUT2D eigenvalue weighted by Gasteiger charge is 2.27. The molecule has 1 heteroatoms. The van der Waals surface area contributed by atoms with E-state index >= 15 is 0 Å². The molecule has 64 valence electrons. The van der Waals surface area contributed by atoms with Crippen molar-refractivity contribution in [1.29, 1.82) is 0 Å². The van der Waals surface area contributed by atoms with Crippen LogP contribution >= 0.6 is 0 Å². The van der Waals surface area contributed by atoms with Gasteiger partial charge in [-0.2, -0.15) is 0 Å². The third-order valence-electron chi connectivity index (χ3n) is 2.53. The molecule has 1 N–H and O–H groups in total. The monoisotopic (exact) mass is 154 g/mol. The molecular weight excluding hydrogens is 136 g/mol. The first kappa shape index (κ1) is 8.79. The molecule has 1 nitrogen and oxygen atoms in total. The van der Waals surface area contributed by atoms with Crippen molar-refractivity contribution in [3.8, 4) is 0 Å². The molecule has 0 aromatic rings. The van der Waals surface area contributed by atoms with Gasteiger partial charge in [0.1, 0.15) is 0 Å². The summed E-state index contributed by atoms with van der Waals surface area (Å²) in [6.45, 7) is 6.72. The van der Waals surface area contributed by atoms with E-state index in [4.69, 9.17) is 0 Å². The van der Waals surface area contributed by atoms with Gasteiger partial charge < -0.3 is 5.11 Å². The first-order chi connectivity index (χ1) is 5.00. The minimum absolute atomic E-state index is 0.201. The van der Waals surface area contributed by atoms with Crippen molar-refractivity contribution in [1.82, 2.24) is 0 Å². The normalized spacial score (nSPS) is 32.4. The first-order valence-electron chi connectivity index (χ1n) is 4.35. The van der Waals surface area contributed by atoms with Gasteiger partial charge in [0.25, 0.3) is 0 Å². The van der Waals surface area contributed by atoms with Crippen molar-refractivity contribution in [3.63, 3.8) is 0 Å². The molecule has 0 saturated carbocycles. The molecule has 0 unspecified atom stereocenters. The smallest absolute Gasteiger partial charge is 0.0723 e. The Hall–Kier alpha value is -0.300. The van der Waals surface area contributed by atoms with E-state index in [1.807, 2.05) is 6.08 Å². The Morgan fingerprint density at radius 1 is 1.36 bits per heavy atom. The summed E-state index contributed by atoms with van der Waals surface area (Å²) < 4.78 is 0. The van der Waals surface area contributed by atoms with Crippen LogP contribution in [0.1, 0.15) is 33.6 Å². The molecule has 0 spiro atoms. The number of hydrogen-bond donors (Lipinski definition) is 1. The van der Waals surface area contributed by atoms with E-state index in [9.17, 15) is 5.11 Å². The first-order valence-corrected chi connectivity index (χ1v) is 4.35. The standard InChI is InChI=1S/C10H18O/c1-10(2,3)8-5-4-6-9(11)7-8/h4,6,8-9,11H,5,7H2,1-3H3/t8-,9+/m1/s1. The molecule has 0 fully saturated rings. The number of allylic oxidation sites excluding steroid dienone is 1. The average molecular weight is 154 g/mol. The summed E-state index contributed by atoms with van der Waals surface area (Å²) in [4.78, 5) is 0. The summed E-state index contributed by atoms with van der Waals surface area (Å²) in [5, 5.41) is 9.36. The minimum Gasteiger partial charge on any atom is -0.389 e. The molecule has 2 atom stereocenters. The highest BCUT2D eigenvalue weighted by atomic mass is 16.3. The van der Waals surface area contributed by atoms with Gasteiger partial charge in [-0.25, -0.2) is 0 Å². The fourth-order valence-electron chi connectivity index (χ4n) is 1.57. The molecule has 0 aromatic carbocycles. The van der Waals surface area contributed by atoms with Gasteiger partial charge in [-0.05, 0) is 24.2 Å². The van der Waals surface area contributed by atoms with Crippen molar-refractivity contribution in [2.75, 3.05) is 0 Å². The summed E-state index contributed by atoms with van der Waals surface area (Å²) in [5.74, 6) is 0.641. The second-order valence-corrected chi connectivity index (χ2v) is 4.53. The van der Waals surface area contributed by atoms with Gasteiger partial charge in [0, 0.05) is 0 Å². The number of aliphatic hydroxyl groups is 1. The molecule has 1 rings (SSSR count). The molecule has 0 heterocycles. The predicted octanol–water partition coefficient (Wildman–Crippen LogP) is 2.36. The molecule has 0 amide bonds. The number of rotatable bonds is 0. The van der Waals surface area contributed by atoms with Gasteiger partial charge >= 0.3 is 0 Å². The van der Waals surface area contributed by atoms with Crippen LogP contribution < -0.4 is 0 Å². The molecule has 11 heavy (non-hydrogen) atoms. The van der Waals surface area contributed by atoms with E-state index in [-0.39, 0.29) is 6.10 Å². The second kappa shape index (κ2) is 2.98. The second-order valence-electron chi connectivity index (χ2n) is 4.53. The summed E-state index contributed by atoms with van der Waals surface area (Å²) in [6, 6.07) is 0. The van der Waals surface area contributed by atoms with Gasteiger partial charge in [-0.3, -0.25) is 0 Å². The fraction of sp³-hybridized carbons (Fsp3) is 0.800. The van der Waals surface area contributed by atoms with Crippen molar-refractivity contribution in [2.45, 2.75) is 39.7 Å². The molecule has 0 aromatic heterocycles. The maximum atomic E-state index is 9.36. The lowest BCUT2D eigenvalue weighted by Gasteiger charge is -2.33. The molecule has 0 aliphatic heterocycles. The lowest BCUT2D eigenvalue weighted by atomic mass is 9.74. The maximum absolute atomic E-state index is 9.36. The Bertz CT molecular complexity index is 153. The molecule has 0 saturated heterocycles. The maximum Gasteiger partial charge on any atom is 0.0723 e. The van der Waals surface area contributed by atoms with E-state index in [1.54, 1.807) is 0 Å². The fourth-order valence-corrected chi connectivity index (χ4v) is 1.57. The van der Waals surface area contributed by atoms with Crippen LogP contribution in [0.5, 0.6) is 0 Å². The largest absolute Gasteiger partial charge is 0.389 e. The van der Waals surface area contributed by atoms with E-state index in [0.29, 0.717) is 11.3 Å². The lowest BCUT2D eigenvalue weighted by molar-refractivity contribution is 0.124. The topological polar surface area (TPSA) is 20.2 Å². The van der Waals surface area contributed by atoms with Gasteiger partial charge in [-0.15, -0.1) is 0 Å². The Morgan fingerprint density at radius 2 is 2.00 bits per heavy atom. The van der Waals surface area contributed by atoms with Crippen LogP contribution in [0, 0.1) is 11.3 Å². The highest BCUT2D eigenvalue weighted by molar-refractivity contribution is 4.98. The summed E-state index contributed by atoms with van der Waals surface area (Å²) in [7, 11) is 0. The number of aliphatic hydroxyl groups excluding tert-OH is 1. The van der Waals surface area contributed by atoms with Crippen LogP contribution in [-0.4, -0.2) is 11.2 Å². The van der Waals surface area contributed by atoms with E-state index in [0.717, 1.165) is 12.8 Å². The van der Waals surface area contributed by atoms with Crippen LogP contribution in [0.25, 0.3) is 0 Å². The van der Waals surface area contributed by atoms with E-state index in [2.05, 4.69) is 26.8 Å². The quantitative estimate of drug-likeness (QED) is 0.531. The Kier molecular flexibility index (Phi) is 2.38. The van der Waals surface area contributed by atoms with Crippen LogP contribution in [-0.2, 0) is 0 Å². The predicted molar refractivity (Wildman–Crippen MR) is 47.3 cm³/mol. The van der Waals surface area contributed by atoms with Gasteiger partial charge in [0.05, 0.1) is 6.10 Å². The average Bonchev–Trinajstić information content (AvgIpc) is 1.86. The zero-order valence-electron chi connectivity index (χ0n) is 7.67. The Labute approximate surface area is 69.1 Å². The van der Waals surface area contributed by atoms with Gasteiger partial charge in [0.2, 0.25) is 0 Å². The Morgan fingerprint density at radius 3 is 2.36 bits per heavy atom. The summed E-state index contributed by atoms with van der Waals surface area (Å²) >= 11 is 0. The van der Waals surface area contributed by atoms with Crippen molar-refractivity contribution >= 4 is 0 Å². The van der Waals surface area contributed by atoms with Crippen LogP contribution in [0.15, 0.2) is 12.2 Å². The van der Waals surface area contributed by atoms with Gasteiger partial charge in [-0.1, -0.05) is 32.9 Å². The minimum atomic E-state index is -0.201. The Balaban J connectivity index is 2.57. The third-order valence-corrected chi connectivity index (χ3v) is 2.53. The third kappa shape index (κ3) is 2.33. The summed E-state index contributed by atoms with van der Waals surface area (Å²) in [6.07, 6.45) is 5.86. The van der Waals surface area contributed by atoms with Crippen LogP contribution in [0.4, 0.5) is 0 Å². The molecular formula is C10H18O. The highest BCUT2D eigenvalue weighted by Crippen LogP contribution is 2.34. The van der Waals surface area contributed by atoms with E-state index in [1.165, 1.54) is 0 Å². The number of hydrogen-bond acceptors (Lipinski definition) is 1. The van der Waals surface area contributed by atoms with Crippen molar-refractivity contribution < 1.29 is 5.11 Å². The van der Waals surface area contributed by atoms with Gasteiger partial charge in [0.15, 0.2) is 0 Å². The van der Waals surface area contributed by atoms with Crippen LogP contribution in [0.3, 0.4) is 0 Å².